The molecule has 0 bridgehead atoms. The Morgan fingerprint density at radius 3 is 2.90 bits per heavy atom. The Bertz CT molecular complexity index is 723. The molecule has 0 radical (unpaired) electrons. The van der Waals surface area contributed by atoms with Gasteiger partial charge < -0.3 is 9.67 Å². The van der Waals surface area contributed by atoms with Crippen LogP contribution in [0.2, 0.25) is 0 Å². The maximum Gasteiger partial charge on any atom is 0.335 e. The van der Waals surface area contributed by atoms with Gasteiger partial charge in [0.15, 0.2) is 0 Å². The lowest BCUT2D eigenvalue weighted by Gasteiger charge is -2.13. The molecule has 1 aliphatic heterocycles. The summed E-state index contributed by atoms with van der Waals surface area (Å²) in [6.07, 6.45) is 1.57. The third-order valence-corrected chi connectivity index (χ3v) is 4.71. The minimum atomic E-state index is -1.07. The molecule has 1 aliphatic rings. The lowest BCUT2D eigenvalue weighted by Crippen LogP contribution is -2.23. The highest BCUT2D eigenvalue weighted by Gasteiger charge is 2.23. The Hall–Kier alpha value is -2.01. The van der Waals surface area contributed by atoms with Gasteiger partial charge in [0.1, 0.15) is 0 Å². The van der Waals surface area contributed by atoms with Crippen LogP contribution in [0.3, 0.4) is 0 Å². The SMILES string of the molecule is O=C(O)c1ccn(CC2CSc3ccccc32)c(=O)c1. The van der Waals surface area contributed by atoms with Crippen molar-refractivity contribution >= 4 is 17.7 Å². The van der Waals surface area contributed by atoms with Crippen molar-refractivity contribution in [2.45, 2.75) is 17.4 Å². The lowest BCUT2D eigenvalue weighted by molar-refractivity contribution is 0.0696. The Morgan fingerprint density at radius 1 is 1.35 bits per heavy atom. The average molecular weight is 287 g/mol. The van der Waals surface area contributed by atoms with Gasteiger partial charge in [-0.15, -0.1) is 11.8 Å². The summed E-state index contributed by atoms with van der Waals surface area (Å²) in [4.78, 5) is 24.0. The number of fused-ring (bicyclic) bond motifs is 1. The van der Waals surface area contributed by atoms with E-state index in [0.29, 0.717) is 12.5 Å². The van der Waals surface area contributed by atoms with E-state index in [-0.39, 0.29) is 11.1 Å². The predicted octanol–water partition coefficient (Wildman–Crippen LogP) is 2.44. The predicted molar refractivity (Wildman–Crippen MR) is 77.6 cm³/mol. The zero-order valence-corrected chi connectivity index (χ0v) is 11.5. The van der Waals surface area contributed by atoms with Gasteiger partial charge in [-0.3, -0.25) is 4.79 Å². The molecule has 20 heavy (non-hydrogen) atoms. The molecule has 1 aromatic carbocycles. The molecule has 1 atom stereocenters. The number of thioether (sulfide) groups is 1. The molecule has 1 unspecified atom stereocenters. The quantitative estimate of drug-likeness (QED) is 0.942. The van der Waals surface area contributed by atoms with Crippen LogP contribution in [0, 0.1) is 0 Å². The smallest absolute Gasteiger partial charge is 0.335 e. The van der Waals surface area contributed by atoms with Gasteiger partial charge in [0, 0.05) is 35.4 Å². The van der Waals surface area contributed by atoms with Gasteiger partial charge in [-0.1, -0.05) is 18.2 Å². The molecule has 0 saturated carbocycles. The summed E-state index contributed by atoms with van der Waals surface area (Å²) < 4.78 is 1.58. The standard InChI is InChI=1S/C15H13NO3S/c17-14-7-10(15(18)19)5-6-16(14)8-11-9-20-13-4-2-1-3-12(11)13/h1-7,11H,8-9H2,(H,18,19). The number of aromatic nitrogens is 1. The first-order valence-electron chi connectivity index (χ1n) is 6.30. The van der Waals surface area contributed by atoms with Crippen molar-refractivity contribution in [2.24, 2.45) is 0 Å². The summed E-state index contributed by atoms with van der Waals surface area (Å²) in [6.45, 7) is 0.586. The van der Waals surface area contributed by atoms with E-state index in [4.69, 9.17) is 5.11 Å². The number of carboxylic acid groups (broad SMARTS) is 1. The molecule has 0 saturated heterocycles. The van der Waals surface area contributed by atoms with Gasteiger partial charge in [-0.05, 0) is 17.7 Å². The van der Waals surface area contributed by atoms with Gasteiger partial charge in [-0.25, -0.2) is 4.79 Å². The second-order valence-electron chi connectivity index (χ2n) is 4.76. The highest BCUT2D eigenvalue weighted by molar-refractivity contribution is 7.99. The van der Waals surface area contributed by atoms with Gasteiger partial charge in [0.25, 0.3) is 5.56 Å². The zero-order valence-electron chi connectivity index (χ0n) is 10.7. The molecular weight excluding hydrogens is 274 g/mol. The molecule has 4 nitrogen and oxygen atoms in total. The summed E-state index contributed by atoms with van der Waals surface area (Å²) in [7, 11) is 0. The Morgan fingerprint density at radius 2 is 2.15 bits per heavy atom. The molecule has 1 aromatic heterocycles. The molecule has 2 aromatic rings. The van der Waals surface area contributed by atoms with E-state index in [9.17, 15) is 9.59 Å². The fourth-order valence-corrected chi connectivity index (χ4v) is 3.65. The molecule has 0 spiro atoms. The van der Waals surface area contributed by atoms with Crippen molar-refractivity contribution in [1.29, 1.82) is 0 Å². The van der Waals surface area contributed by atoms with E-state index >= 15 is 0 Å². The van der Waals surface area contributed by atoms with E-state index in [1.54, 1.807) is 22.5 Å². The van der Waals surface area contributed by atoms with Crippen LogP contribution >= 0.6 is 11.8 Å². The Kier molecular flexibility index (Phi) is 3.36. The summed E-state index contributed by atoms with van der Waals surface area (Å²) in [5.74, 6) is 0.174. The number of hydrogen-bond donors (Lipinski definition) is 1. The van der Waals surface area contributed by atoms with E-state index in [1.165, 1.54) is 22.6 Å². The Balaban J connectivity index is 1.86. The van der Waals surface area contributed by atoms with Crippen LogP contribution in [-0.2, 0) is 6.54 Å². The third kappa shape index (κ3) is 2.36. The first kappa shape index (κ1) is 13.0. The van der Waals surface area contributed by atoms with Gasteiger partial charge in [0.2, 0.25) is 0 Å². The number of rotatable bonds is 3. The van der Waals surface area contributed by atoms with Crippen molar-refractivity contribution in [3.05, 3.63) is 64.1 Å². The van der Waals surface area contributed by atoms with Gasteiger partial charge in [0.05, 0.1) is 5.56 Å². The van der Waals surface area contributed by atoms with Gasteiger partial charge in [-0.2, -0.15) is 0 Å². The monoisotopic (exact) mass is 287 g/mol. The third-order valence-electron chi connectivity index (χ3n) is 3.46. The van der Waals surface area contributed by atoms with Crippen LogP contribution in [0.1, 0.15) is 21.8 Å². The number of carbonyl (C=O) groups is 1. The molecule has 102 valence electrons. The van der Waals surface area contributed by atoms with Crippen LogP contribution in [0.15, 0.2) is 52.3 Å². The van der Waals surface area contributed by atoms with E-state index < -0.39 is 5.97 Å². The summed E-state index contributed by atoms with van der Waals surface area (Å²) in [6, 6.07) is 10.9. The maximum atomic E-state index is 11.9. The number of aromatic carboxylic acids is 1. The van der Waals surface area contributed by atoms with Crippen molar-refractivity contribution in [1.82, 2.24) is 4.57 Å². The molecule has 0 amide bonds. The lowest BCUT2D eigenvalue weighted by atomic mass is 10.0. The summed E-state index contributed by atoms with van der Waals surface area (Å²) >= 11 is 1.80. The topological polar surface area (TPSA) is 59.3 Å². The van der Waals surface area contributed by atoms with Crippen molar-refractivity contribution < 1.29 is 9.90 Å². The van der Waals surface area contributed by atoms with Gasteiger partial charge >= 0.3 is 5.97 Å². The minimum Gasteiger partial charge on any atom is -0.478 e. The maximum absolute atomic E-state index is 11.9. The van der Waals surface area contributed by atoms with Crippen LogP contribution in [-0.4, -0.2) is 21.4 Å². The van der Waals surface area contributed by atoms with E-state index in [1.807, 2.05) is 12.1 Å². The largest absolute Gasteiger partial charge is 0.478 e. The van der Waals surface area contributed by atoms with Crippen LogP contribution in [0.4, 0.5) is 0 Å². The summed E-state index contributed by atoms with van der Waals surface area (Å²) in [5.41, 5.74) is 1.04. The van der Waals surface area contributed by atoms with E-state index in [2.05, 4.69) is 12.1 Å². The molecule has 0 aliphatic carbocycles. The summed E-state index contributed by atoms with van der Waals surface area (Å²) in [5, 5.41) is 8.86. The number of pyridine rings is 1. The van der Waals surface area contributed by atoms with Crippen molar-refractivity contribution in [3.8, 4) is 0 Å². The van der Waals surface area contributed by atoms with Crippen molar-refractivity contribution in [3.63, 3.8) is 0 Å². The zero-order chi connectivity index (χ0) is 14.1. The molecule has 5 heteroatoms. The van der Waals surface area contributed by atoms with Crippen LogP contribution in [0.5, 0.6) is 0 Å². The van der Waals surface area contributed by atoms with E-state index in [0.717, 1.165) is 5.75 Å². The molecule has 2 heterocycles. The minimum absolute atomic E-state index is 0.0347. The number of benzene rings is 1. The number of nitrogens with zero attached hydrogens (tertiary/aromatic N) is 1. The highest BCUT2D eigenvalue weighted by Crippen LogP contribution is 2.39. The average Bonchev–Trinajstić information content (AvgIpc) is 2.84. The number of carboxylic acids is 1. The second-order valence-corrected chi connectivity index (χ2v) is 5.82. The molecule has 1 N–H and O–H groups in total. The van der Waals surface area contributed by atoms with Crippen LogP contribution in [0.25, 0.3) is 0 Å². The van der Waals surface area contributed by atoms with Crippen LogP contribution < -0.4 is 5.56 Å². The molecule has 3 rings (SSSR count). The molecular formula is C15H13NO3S. The normalized spacial score (nSPS) is 16.9. The first-order chi connectivity index (χ1) is 9.65. The van der Waals surface area contributed by atoms with Crippen molar-refractivity contribution in [2.75, 3.05) is 5.75 Å². The fourth-order valence-electron chi connectivity index (χ4n) is 2.41. The first-order valence-corrected chi connectivity index (χ1v) is 7.29. The fraction of sp³-hybridized carbons (Fsp3) is 0.200. The number of hydrogen-bond acceptors (Lipinski definition) is 3. The molecule has 0 fully saturated rings. The Labute approximate surface area is 120 Å². The second kappa shape index (κ2) is 5.17. The highest BCUT2D eigenvalue weighted by atomic mass is 32.2.